The number of rotatable bonds is 6. The first-order chi connectivity index (χ1) is 6.49. The molecule has 0 aromatic rings. The van der Waals surface area contributed by atoms with Crippen LogP contribution in [0.2, 0.25) is 0 Å². The van der Waals surface area contributed by atoms with Crippen molar-refractivity contribution in [2.45, 2.75) is 23.8 Å². The van der Waals surface area contributed by atoms with Crippen molar-refractivity contribution in [3.63, 3.8) is 0 Å². The molecular formula is C8H16N2O2S2. The number of nitrogens with one attached hydrogen (secondary N) is 2. The molecule has 2 unspecified atom stereocenters. The van der Waals surface area contributed by atoms with E-state index in [9.17, 15) is 9.59 Å². The highest BCUT2D eigenvalue weighted by Gasteiger charge is 2.19. The molecule has 0 aliphatic heterocycles. The zero-order chi connectivity index (χ0) is 11.1. The van der Waals surface area contributed by atoms with Gasteiger partial charge in [0.1, 0.15) is 5.78 Å². The average Bonchev–Trinajstić information content (AvgIpc) is 2.13. The topological polar surface area (TPSA) is 58.2 Å². The number of hydrogen-bond acceptors (Lipinski definition) is 5. The fourth-order valence-electron chi connectivity index (χ4n) is 0.778. The summed E-state index contributed by atoms with van der Waals surface area (Å²) in [6.07, 6.45) is 0.344. The number of Topliss-reactive ketones (excluding diaryl/α,β-unsaturated/α-hetero) is 1. The van der Waals surface area contributed by atoms with E-state index in [2.05, 4.69) is 35.9 Å². The standard InChI is InChI=1S/C8H16N2O2S2/c1-5(11)6(13)3-7(14)8(12)10-4-9-2/h6-7,9,13-14H,3-4H2,1-2H3,(H,10,12). The van der Waals surface area contributed by atoms with Gasteiger partial charge in [0.15, 0.2) is 0 Å². The quantitative estimate of drug-likeness (QED) is 0.383. The van der Waals surface area contributed by atoms with Crippen molar-refractivity contribution >= 4 is 36.9 Å². The lowest BCUT2D eigenvalue weighted by molar-refractivity contribution is -0.120. The van der Waals surface area contributed by atoms with Gasteiger partial charge in [0, 0.05) is 0 Å². The normalized spacial score (nSPS) is 14.6. The number of carbonyl (C=O) groups is 2. The predicted octanol–water partition coefficient (Wildman–Crippen LogP) is -0.145. The van der Waals surface area contributed by atoms with E-state index in [0.29, 0.717) is 13.1 Å². The summed E-state index contributed by atoms with van der Waals surface area (Å²) in [5, 5.41) is 4.47. The van der Waals surface area contributed by atoms with Gasteiger partial charge in [-0.3, -0.25) is 9.59 Å². The molecule has 0 heterocycles. The van der Waals surface area contributed by atoms with Gasteiger partial charge in [-0.05, 0) is 20.4 Å². The van der Waals surface area contributed by atoms with Crippen LogP contribution in [0, 0.1) is 0 Å². The minimum atomic E-state index is -0.491. The molecule has 4 nitrogen and oxygen atoms in total. The Bertz CT molecular complexity index is 212. The summed E-state index contributed by atoms with van der Waals surface area (Å²) in [5.41, 5.74) is 0. The van der Waals surface area contributed by atoms with E-state index < -0.39 is 10.5 Å². The van der Waals surface area contributed by atoms with E-state index in [-0.39, 0.29) is 11.7 Å². The third-order valence-corrected chi connectivity index (χ3v) is 2.68. The Kier molecular flexibility index (Phi) is 7.04. The molecule has 0 radical (unpaired) electrons. The van der Waals surface area contributed by atoms with Crippen LogP contribution in [0.3, 0.4) is 0 Å². The first-order valence-electron chi connectivity index (χ1n) is 4.28. The fraction of sp³-hybridized carbons (Fsp3) is 0.750. The molecule has 0 aliphatic carbocycles. The molecule has 0 fully saturated rings. The summed E-state index contributed by atoms with van der Waals surface area (Å²) in [5.74, 6) is -0.239. The number of ketones is 1. The summed E-state index contributed by atoms with van der Waals surface area (Å²) in [7, 11) is 1.73. The maximum Gasteiger partial charge on any atom is 0.233 e. The smallest absolute Gasteiger partial charge is 0.233 e. The molecule has 0 saturated carbocycles. The maximum absolute atomic E-state index is 11.3. The van der Waals surface area contributed by atoms with Crippen molar-refractivity contribution in [1.82, 2.24) is 10.6 Å². The molecule has 0 spiro atoms. The van der Waals surface area contributed by atoms with Crippen LogP contribution in [0.25, 0.3) is 0 Å². The molecule has 0 bridgehead atoms. The van der Waals surface area contributed by atoms with Gasteiger partial charge in [-0.2, -0.15) is 25.3 Å². The van der Waals surface area contributed by atoms with E-state index in [4.69, 9.17) is 0 Å². The highest BCUT2D eigenvalue weighted by Crippen LogP contribution is 2.11. The van der Waals surface area contributed by atoms with Crippen molar-refractivity contribution in [2.75, 3.05) is 13.7 Å². The van der Waals surface area contributed by atoms with Crippen molar-refractivity contribution in [3.05, 3.63) is 0 Å². The predicted molar refractivity (Wildman–Crippen MR) is 62.9 cm³/mol. The van der Waals surface area contributed by atoms with Crippen LogP contribution >= 0.6 is 25.3 Å². The number of carbonyl (C=O) groups excluding carboxylic acids is 2. The van der Waals surface area contributed by atoms with Gasteiger partial charge in [0.05, 0.1) is 17.2 Å². The first-order valence-corrected chi connectivity index (χ1v) is 5.31. The Balaban J connectivity index is 3.88. The van der Waals surface area contributed by atoms with Gasteiger partial charge in [0.25, 0.3) is 0 Å². The van der Waals surface area contributed by atoms with Crippen LogP contribution in [0.1, 0.15) is 13.3 Å². The van der Waals surface area contributed by atoms with Crippen LogP contribution in [0.15, 0.2) is 0 Å². The molecule has 0 rings (SSSR count). The highest BCUT2D eigenvalue weighted by atomic mass is 32.1. The van der Waals surface area contributed by atoms with Crippen LogP contribution in [-0.4, -0.2) is 35.9 Å². The van der Waals surface area contributed by atoms with Crippen LogP contribution in [-0.2, 0) is 9.59 Å². The molecule has 82 valence electrons. The Labute approximate surface area is 95.0 Å². The molecule has 1 amide bonds. The molecule has 6 heteroatoms. The molecule has 2 atom stereocenters. The van der Waals surface area contributed by atoms with Gasteiger partial charge in [-0.1, -0.05) is 0 Å². The first kappa shape index (κ1) is 13.8. The maximum atomic E-state index is 11.3. The third-order valence-electron chi connectivity index (χ3n) is 1.66. The van der Waals surface area contributed by atoms with Gasteiger partial charge in [-0.15, -0.1) is 0 Å². The summed E-state index contributed by atoms with van der Waals surface area (Å²) in [6.45, 7) is 1.84. The Hall–Kier alpha value is -0.200. The number of thiol groups is 2. The Morgan fingerprint density at radius 1 is 1.29 bits per heavy atom. The van der Waals surface area contributed by atoms with Crippen LogP contribution in [0.4, 0.5) is 0 Å². The number of amides is 1. The average molecular weight is 236 g/mol. The third kappa shape index (κ3) is 5.51. The van der Waals surface area contributed by atoms with Crippen LogP contribution in [0.5, 0.6) is 0 Å². The second kappa shape index (κ2) is 7.14. The van der Waals surface area contributed by atoms with Gasteiger partial charge in [0.2, 0.25) is 5.91 Å². The molecule has 0 saturated heterocycles. The van der Waals surface area contributed by atoms with Crippen molar-refractivity contribution in [3.8, 4) is 0 Å². The SMILES string of the molecule is CNCNC(=O)C(S)CC(S)C(C)=O. The monoisotopic (exact) mass is 236 g/mol. The lowest BCUT2D eigenvalue weighted by Gasteiger charge is -2.13. The molecule has 0 aliphatic rings. The largest absolute Gasteiger partial charge is 0.343 e. The van der Waals surface area contributed by atoms with Crippen molar-refractivity contribution in [2.24, 2.45) is 0 Å². The zero-order valence-corrected chi connectivity index (χ0v) is 10.1. The summed E-state index contributed by atoms with van der Waals surface area (Å²) in [6, 6.07) is 0. The van der Waals surface area contributed by atoms with Crippen molar-refractivity contribution < 1.29 is 9.59 Å². The van der Waals surface area contributed by atoms with Crippen LogP contribution < -0.4 is 10.6 Å². The zero-order valence-electron chi connectivity index (χ0n) is 8.28. The fourth-order valence-corrected chi connectivity index (χ4v) is 1.46. The van der Waals surface area contributed by atoms with E-state index in [1.54, 1.807) is 7.05 Å². The second-order valence-electron chi connectivity index (χ2n) is 2.95. The van der Waals surface area contributed by atoms with Gasteiger partial charge in [-0.25, -0.2) is 0 Å². The molecule has 2 N–H and O–H groups in total. The lowest BCUT2D eigenvalue weighted by atomic mass is 10.1. The highest BCUT2D eigenvalue weighted by molar-refractivity contribution is 7.82. The lowest BCUT2D eigenvalue weighted by Crippen LogP contribution is -2.38. The minimum Gasteiger partial charge on any atom is -0.343 e. The number of hydrogen-bond donors (Lipinski definition) is 4. The molecular weight excluding hydrogens is 220 g/mol. The Morgan fingerprint density at radius 2 is 1.86 bits per heavy atom. The minimum absolute atomic E-state index is 0.0474. The second-order valence-corrected chi connectivity index (χ2v) is 4.20. The van der Waals surface area contributed by atoms with E-state index >= 15 is 0 Å². The van der Waals surface area contributed by atoms with E-state index in [0.717, 1.165) is 0 Å². The molecule has 0 aromatic carbocycles. The van der Waals surface area contributed by atoms with Crippen molar-refractivity contribution in [1.29, 1.82) is 0 Å². The summed E-state index contributed by atoms with van der Waals surface area (Å²) in [4.78, 5) is 22.1. The summed E-state index contributed by atoms with van der Waals surface area (Å²) < 4.78 is 0. The Morgan fingerprint density at radius 3 is 2.29 bits per heavy atom. The van der Waals surface area contributed by atoms with E-state index in [1.807, 2.05) is 0 Å². The van der Waals surface area contributed by atoms with E-state index in [1.165, 1.54) is 6.92 Å². The molecule has 14 heavy (non-hydrogen) atoms. The van der Waals surface area contributed by atoms with Gasteiger partial charge < -0.3 is 10.6 Å². The van der Waals surface area contributed by atoms with Gasteiger partial charge >= 0.3 is 0 Å². The summed E-state index contributed by atoms with van der Waals surface area (Å²) >= 11 is 8.15. The molecule has 0 aromatic heterocycles.